The highest BCUT2D eigenvalue weighted by molar-refractivity contribution is 5.95. The zero-order valence-corrected chi connectivity index (χ0v) is 15.6. The van der Waals surface area contributed by atoms with Crippen LogP contribution in [0.25, 0.3) is 5.52 Å². The molecule has 1 aliphatic rings. The fourth-order valence-electron chi connectivity index (χ4n) is 3.63. The van der Waals surface area contributed by atoms with E-state index in [2.05, 4.69) is 21.5 Å². The zero-order valence-electron chi connectivity index (χ0n) is 15.6. The largest absolute Gasteiger partial charge is 0.333 e. The van der Waals surface area contributed by atoms with Crippen LogP contribution < -0.4 is 0 Å². The van der Waals surface area contributed by atoms with E-state index < -0.39 is 0 Å². The molecule has 3 aromatic rings. The number of aromatic amines is 1. The Morgan fingerprint density at radius 3 is 2.63 bits per heavy atom. The van der Waals surface area contributed by atoms with Crippen LogP contribution in [0.3, 0.4) is 0 Å². The van der Waals surface area contributed by atoms with E-state index in [1.54, 1.807) is 11.8 Å². The molecule has 0 aliphatic carbocycles. The number of carbonyl (C=O) groups excluding carboxylic acids is 2. The van der Waals surface area contributed by atoms with Gasteiger partial charge in [0.2, 0.25) is 0 Å². The van der Waals surface area contributed by atoms with Crippen molar-refractivity contribution < 1.29 is 9.59 Å². The van der Waals surface area contributed by atoms with E-state index in [0.717, 1.165) is 11.1 Å². The predicted octanol–water partition coefficient (Wildman–Crippen LogP) is 1.66. The van der Waals surface area contributed by atoms with Gasteiger partial charge in [0, 0.05) is 43.6 Å². The summed E-state index contributed by atoms with van der Waals surface area (Å²) in [5.74, 6) is -0.162. The number of amides is 2. The smallest absolute Gasteiger partial charge is 0.276 e. The fraction of sp³-hybridized carbons (Fsp3) is 0.368. The number of aromatic nitrogens is 4. The molecule has 8 nitrogen and oxygen atoms in total. The van der Waals surface area contributed by atoms with Crippen molar-refractivity contribution in [1.82, 2.24) is 29.6 Å². The lowest BCUT2D eigenvalue weighted by atomic mass is 10.1. The van der Waals surface area contributed by atoms with Crippen LogP contribution in [0.15, 0.2) is 30.6 Å². The van der Waals surface area contributed by atoms with Crippen LogP contribution in [0, 0.1) is 13.8 Å². The van der Waals surface area contributed by atoms with E-state index in [-0.39, 0.29) is 17.9 Å². The Morgan fingerprint density at radius 2 is 1.93 bits per heavy atom. The van der Waals surface area contributed by atoms with Crippen molar-refractivity contribution in [3.63, 3.8) is 0 Å². The zero-order chi connectivity index (χ0) is 19.1. The predicted molar refractivity (Wildman–Crippen MR) is 99.7 cm³/mol. The average Bonchev–Trinajstić information content (AvgIpc) is 3.24. The van der Waals surface area contributed by atoms with Crippen molar-refractivity contribution in [1.29, 1.82) is 0 Å². The molecule has 27 heavy (non-hydrogen) atoms. The molecular weight excluding hydrogens is 344 g/mol. The van der Waals surface area contributed by atoms with Gasteiger partial charge in [0.15, 0.2) is 5.69 Å². The van der Waals surface area contributed by atoms with Crippen molar-refractivity contribution >= 4 is 17.3 Å². The lowest BCUT2D eigenvalue weighted by Gasteiger charge is -2.39. The quantitative estimate of drug-likeness (QED) is 0.747. The van der Waals surface area contributed by atoms with Crippen molar-refractivity contribution in [2.75, 3.05) is 19.6 Å². The van der Waals surface area contributed by atoms with Crippen molar-refractivity contribution in [3.05, 3.63) is 53.1 Å². The number of pyridine rings is 1. The number of hydrogen-bond donors (Lipinski definition) is 1. The first kappa shape index (κ1) is 17.3. The van der Waals surface area contributed by atoms with Crippen LogP contribution in [0.5, 0.6) is 0 Å². The van der Waals surface area contributed by atoms with Gasteiger partial charge in [0.25, 0.3) is 11.8 Å². The van der Waals surface area contributed by atoms with E-state index >= 15 is 0 Å². The SMILES string of the molecule is Cc1cc2ccc(C(=O)N3CCN(C(=O)c4n[nH]nc4C)C[C@@H]3C)cn2c1. The molecule has 4 heterocycles. The standard InChI is InChI=1S/C19H22N6O2/c1-12-8-16-5-4-15(11-24(16)9-12)18(26)25-7-6-23(10-13(25)2)19(27)17-14(3)20-22-21-17/h4-5,8-9,11,13H,6-7,10H2,1-3H3,(H,20,21,22)/t13-/m0/s1. The Kier molecular flexibility index (Phi) is 4.18. The number of rotatable bonds is 2. The van der Waals surface area contributed by atoms with Crippen LogP contribution >= 0.6 is 0 Å². The van der Waals surface area contributed by atoms with Crippen LogP contribution in [0.4, 0.5) is 0 Å². The molecule has 0 saturated carbocycles. The molecule has 2 amide bonds. The van der Waals surface area contributed by atoms with Gasteiger partial charge in [0.05, 0.1) is 11.3 Å². The van der Waals surface area contributed by atoms with Gasteiger partial charge in [-0.3, -0.25) is 9.59 Å². The van der Waals surface area contributed by atoms with Crippen LogP contribution in [-0.2, 0) is 0 Å². The molecular formula is C19H22N6O2. The van der Waals surface area contributed by atoms with E-state index in [4.69, 9.17) is 0 Å². The summed E-state index contributed by atoms with van der Waals surface area (Å²) < 4.78 is 1.97. The maximum Gasteiger partial charge on any atom is 0.276 e. The van der Waals surface area contributed by atoms with Gasteiger partial charge in [-0.15, -0.1) is 0 Å². The molecule has 0 bridgehead atoms. The van der Waals surface area contributed by atoms with E-state index in [1.165, 1.54) is 0 Å². The number of fused-ring (bicyclic) bond motifs is 1. The highest BCUT2D eigenvalue weighted by Crippen LogP contribution is 2.18. The van der Waals surface area contributed by atoms with E-state index in [0.29, 0.717) is 36.6 Å². The maximum atomic E-state index is 13.0. The molecule has 1 fully saturated rings. The van der Waals surface area contributed by atoms with Gasteiger partial charge in [0.1, 0.15) is 0 Å². The molecule has 3 aromatic heterocycles. The molecule has 1 saturated heterocycles. The summed E-state index contributed by atoms with van der Waals surface area (Å²) in [5.41, 5.74) is 3.80. The van der Waals surface area contributed by atoms with E-state index in [1.807, 2.05) is 47.7 Å². The lowest BCUT2D eigenvalue weighted by Crippen LogP contribution is -2.55. The van der Waals surface area contributed by atoms with Crippen LogP contribution in [0.2, 0.25) is 0 Å². The molecule has 140 valence electrons. The summed E-state index contributed by atoms with van der Waals surface area (Å²) in [4.78, 5) is 29.2. The summed E-state index contributed by atoms with van der Waals surface area (Å²) in [7, 11) is 0. The number of nitrogens with one attached hydrogen (secondary N) is 1. The Morgan fingerprint density at radius 1 is 1.11 bits per heavy atom. The second-order valence-corrected chi connectivity index (χ2v) is 7.12. The van der Waals surface area contributed by atoms with E-state index in [9.17, 15) is 9.59 Å². The third kappa shape index (κ3) is 3.07. The highest BCUT2D eigenvalue weighted by Gasteiger charge is 2.32. The molecule has 1 N–H and O–H groups in total. The molecule has 4 rings (SSSR count). The van der Waals surface area contributed by atoms with Gasteiger partial charge >= 0.3 is 0 Å². The van der Waals surface area contributed by atoms with Gasteiger partial charge in [-0.2, -0.15) is 15.4 Å². The normalized spacial score (nSPS) is 17.5. The first-order valence-corrected chi connectivity index (χ1v) is 9.00. The molecule has 0 unspecified atom stereocenters. The average molecular weight is 366 g/mol. The van der Waals surface area contributed by atoms with Gasteiger partial charge in [-0.25, -0.2) is 0 Å². The number of nitrogens with zero attached hydrogens (tertiary/aromatic N) is 5. The Hall–Kier alpha value is -3.16. The van der Waals surface area contributed by atoms with Gasteiger partial charge < -0.3 is 14.2 Å². The number of piperazine rings is 1. The molecule has 1 atom stereocenters. The van der Waals surface area contributed by atoms with Crippen molar-refractivity contribution in [2.24, 2.45) is 0 Å². The second-order valence-electron chi connectivity index (χ2n) is 7.12. The van der Waals surface area contributed by atoms with Gasteiger partial charge in [-0.05, 0) is 44.5 Å². The molecule has 1 aliphatic heterocycles. The minimum Gasteiger partial charge on any atom is -0.333 e. The number of H-pyrrole nitrogens is 1. The summed E-state index contributed by atoms with van der Waals surface area (Å²) in [6.45, 7) is 7.19. The molecule has 0 radical (unpaired) electrons. The third-order valence-electron chi connectivity index (χ3n) is 5.08. The fourth-order valence-corrected chi connectivity index (χ4v) is 3.63. The summed E-state index contributed by atoms with van der Waals surface area (Å²) in [6.07, 6.45) is 3.88. The van der Waals surface area contributed by atoms with Crippen molar-refractivity contribution in [2.45, 2.75) is 26.8 Å². The van der Waals surface area contributed by atoms with Crippen LogP contribution in [-0.4, -0.2) is 67.1 Å². The minimum atomic E-state index is -0.149. The lowest BCUT2D eigenvalue weighted by molar-refractivity contribution is 0.0411. The Labute approximate surface area is 156 Å². The topological polar surface area (TPSA) is 86.6 Å². The Balaban J connectivity index is 1.49. The molecule has 0 aromatic carbocycles. The Bertz CT molecular complexity index is 1020. The third-order valence-corrected chi connectivity index (χ3v) is 5.08. The monoisotopic (exact) mass is 366 g/mol. The summed E-state index contributed by atoms with van der Waals surface area (Å²) in [5, 5.41) is 10.3. The minimum absolute atomic E-state index is 0.0135. The summed E-state index contributed by atoms with van der Waals surface area (Å²) in [6, 6.07) is 5.81. The van der Waals surface area contributed by atoms with Crippen LogP contribution in [0.1, 0.15) is 39.0 Å². The molecule has 8 heteroatoms. The molecule has 0 spiro atoms. The van der Waals surface area contributed by atoms with Crippen molar-refractivity contribution in [3.8, 4) is 0 Å². The first-order valence-electron chi connectivity index (χ1n) is 9.00. The second kappa shape index (κ2) is 6.53. The highest BCUT2D eigenvalue weighted by atomic mass is 16.2. The maximum absolute atomic E-state index is 13.0. The number of carbonyl (C=O) groups is 2. The van der Waals surface area contributed by atoms with Gasteiger partial charge in [-0.1, -0.05) is 0 Å². The number of hydrogen-bond acceptors (Lipinski definition) is 4. The first-order chi connectivity index (χ1) is 12.9. The number of aryl methyl sites for hydroxylation is 2. The summed E-state index contributed by atoms with van der Waals surface area (Å²) >= 11 is 0.